The topological polar surface area (TPSA) is 95.8 Å². The van der Waals surface area contributed by atoms with E-state index in [-0.39, 0.29) is 29.0 Å². The summed E-state index contributed by atoms with van der Waals surface area (Å²) in [6, 6.07) is 10.3. The second-order valence-corrected chi connectivity index (χ2v) is 10.1. The predicted molar refractivity (Wildman–Crippen MR) is 118 cm³/mol. The van der Waals surface area contributed by atoms with Gasteiger partial charge in [-0.3, -0.25) is 4.79 Å². The van der Waals surface area contributed by atoms with Crippen LogP contribution in [0.4, 0.5) is 0 Å². The molecule has 3 rings (SSSR count). The summed E-state index contributed by atoms with van der Waals surface area (Å²) in [4.78, 5) is 15.0. The van der Waals surface area contributed by atoms with Crippen LogP contribution in [0.15, 0.2) is 39.8 Å². The average molecular weight is 449 g/mol. The van der Waals surface area contributed by atoms with E-state index < -0.39 is 10.0 Å². The SMILES string of the molecule is Cc1noc(C)c1S(=O)(=O)N1CCCC(C(=O)NCCCN(C)Cc2ccccc2)C1. The van der Waals surface area contributed by atoms with Crippen molar-refractivity contribution >= 4 is 15.9 Å². The number of nitrogens with zero attached hydrogens (tertiary/aromatic N) is 3. The molecule has 2 aromatic rings. The lowest BCUT2D eigenvalue weighted by Gasteiger charge is -2.31. The molecule has 1 unspecified atom stereocenters. The number of hydrogen-bond acceptors (Lipinski definition) is 6. The molecule has 1 atom stereocenters. The Labute approximate surface area is 184 Å². The van der Waals surface area contributed by atoms with Crippen LogP contribution in [0, 0.1) is 19.8 Å². The second kappa shape index (κ2) is 10.4. The van der Waals surface area contributed by atoms with E-state index in [1.165, 1.54) is 9.87 Å². The van der Waals surface area contributed by atoms with Crippen molar-refractivity contribution in [2.45, 2.75) is 44.6 Å². The van der Waals surface area contributed by atoms with E-state index >= 15 is 0 Å². The van der Waals surface area contributed by atoms with E-state index in [1.54, 1.807) is 13.8 Å². The molecule has 0 radical (unpaired) electrons. The van der Waals surface area contributed by atoms with Gasteiger partial charge in [-0.2, -0.15) is 4.31 Å². The van der Waals surface area contributed by atoms with E-state index in [2.05, 4.69) is 34.6 Å². The number of rotatable bonds is 9. The number of hydrogen-bond donors (Lipinski definition) is 1. The normalized spacial score (nSPS) is 17.7. The van der Waals surface area contributed by atoms with Gasteiger partial charge in [0.25, 0.3) is 0 Å². The van der Waals surface area contributed by atoms with E-state index in [9.17, 15) is 13.2 Å². The van der Waals surface area contributed by atoms with Gasteiger partial charge in [0, 0.05) is 26.2 Å². The highest BCUT2D eigenvalue weighted by molar-refractivity contribution is 7.89. The highest BCUT2D eigenvalue weighted by Gasteiger charge is 2.36. The van der Waals surface area contributed by atoms with Crippen LogP contribution < -0.4 is 5.32 Å². The van der Waals surface area contributed by atoms with E-state index in [1.807, 2.05) is 18.2 Å². The molecular weight excluding hydrogens is 416 g/mol. The van der Waals surface area contributed by atoms with Gasteiger partial charge >= 0.3 is 0 Å². The maximum absolute atomic E-state index is 13.0. The Balaban J connectivity index is 1.46. The van der Waals surface area contributed by atoms with Crippen molar-refractivity contribution in [1.29, 1.82) is 0 Å². The number of amides is 1. The van der Waals surface area contributed by atoms with Gasteiger partial charge in [0.15, 0.2) is 5.76 Å². The molecule has 31 heavy (non-hydrogen) atoms. The summed E-state index contributed by atoms with van der Waals surface area (Å²) in [7, 11) is -1.66. The number of aryl methyl sites for hydroxylation is 2. The van der Waals surface area contributed by atoms with Crippen LogP contribution >= 0.6 is 0 Å². The molecule has 1 saturated heterocycles. The molecule has 0 aliphatic carbocycles. The van der Waals surface area contributed by atoms with Crippen molar-refractivity contribution in [3.8, 4) is 0 Å². The zero-order chi connectivity index (χ0) is 22.4. The van der Waals surface area contributed by atoms with Crippen molar-refractivity contribution in [3.05, 3.63) is 47.3 Å². The third-order valence-corrected chi connectivity index (χ3v) is 7.74. The van der Waals surface area contributed by atoms with Crippen molar-refractivity contribution in [3.63, 3.8) is 0 Å². The molecule has 1 amide bonds. The molecule has 0 saturated carbocycles. The summed E-state index contributed by atoms with van der Waals surface area (Å²) in [5.74, 6) is -0.140. The summed E-state index contributed by atoms with van der Waals surface area (Å²) in [6.45, 7) is 6.11. The summed E-state index contributed by atoms with van der Waals surface area (Å²) in [5, 5.41) is 6.74. The molecule has 8 nitrogen and oxygen atoms in total. The monoisotopic (exact) mass is 448 g/mol. The first kappa shape index (κ1) is 23.4. The minimum absolute atomic E-state index is 0.0793. The fraction of sp³-hybridized carbons (Fsp3) is 0.545. The number of sulfonamides is 1. The molecule has 0 spiro atoms. The maximum atomic E-state index is 13.0. The fourth-order valence-corrected chi connectivity index (χ4v) is 5.84. The van der Waals surface area contributed by atoms with Gasteiger partial charge in [-0.25, -0.2) is 8.42 Å². The minimum Gasteiger partial charge on any atom is -0.360 e. The third kappa shape index (κ3) is 5.93. The average Bonchev–Trinajstić information content (AvgIpc) is 3.10. The Bertz CT molecular complexity index is 955. The lowest BCUT2D eigenvalue weighted by molar-refractivity contribution is -0.126. The molecule has 1 fully saturated rings. The number of benzene rings is 1. The predicted octanol–water partition coefficient (Wildman–Crippen LogP) is 2.33. The Morgan fingerprint density at radius 1 is 1.29 bits per heavy atom. The molecule has 2 heterocycles. The number of carbonyl (C=O) groups excluding carboxylic acids is 1. The van der Waals surface area contributed by atoms with Crippen LogP contribution in [0.3, 0.4) is 0 Å². The van der Waals surface area contributed by atoms with Crippen LogP contribution in [0.25, 0.3) is 0 Å². The van der Waals surface area contributed by atoms with Crippen molar-refractivity contribution in [1.82, 2.24) is 19.7 Å². The molecule has 1 aromatic carbocycles. The summed E-state index contributed by atoms with van der Waals surface area (Å²) in [5.41, 5.74) is 1.61. The van der Waals surface area contributed by atoms with Gasteiger partial charge in [-0.15, -0.1) is 0 Å². The fourth-order valence-electron chi connectivity index (χ4n) is 4.03. The number of piperidine rings is 1. The highest BCUT2D eigenvalue weighted by Crippen LogP contribution is 2.27. The van der Waals surface area contributed by atoms with E-state index in [4.69, 9.17) is 4.52 Å². The molecule has 9 heteroatoms. The zero-order valence-electron chi connectivity index (χ0n) is 18.5. The van der Waals surface area contributed by atoms with Crippen LogP contribution in [-0.2, 0) is 21.4 Å². The molecule has 170 valence electrons. The molecular formula is C22H32N4O4S. The highest BCUT2D eigenvalue weighted by atomic mass is 32.2. The first-order chi connectivity index (χ1) is 14.8. The van der Waals surface area contributed by atoms with Crippen molar-refractivity contribution in [2.75, 3.05) is 33.2 Å². The number of aromatic nitrogens is 1. The van der Waals surface area contributed by atoms with Gasteiger partial charge < -0.3 is 14.7 Å². The molecule has 1 aliphatic heterocycles. The zero-order valence-corrected chi connectivity index (χ0v) is 19.3. The summed E-state index contributed by atoms with van der Waals surface area (Å²) >= 11 is 0. The Kier molecular flexibility index (Phi) is 7.85. The lowest BCUT2D eigenvalue weighted by Crippen LogP contribution is -2.45. The van der Waals surface area contributed by atoms with Gasteiger partial charge in [0.2, 0.25) is 15.9 Å². The summed E-state index contributed by atoms with van der Waals surface area (Å²) in [6.07, 6.45) is 2.18. The van der Waals surface area contributed by atoms with E-state index in [0.717, 1.165) is 19.5 Å². The van der Waals surface area contributed by atoms with Crippen molar-refractivity contribution < 1.29 is 17.7 Å². The van der Waals surface area contributed by atoms with Crippen LogP contribution in [0.2, 0.25) is 0 Å². The Morgan fingerprint density at radius 3 is 2.71 bits per heavy atom. The van der Waals surface area contributed by atoms with Crippen LogP contribution in [-0.4, -0.2) is 61.9 Å². The van der Waals surface area contributed by atoms with Gasteiger partial charge in [0.05, 0.1) is 5.92 Å². The molecule has 1 aliphatic rings. The Morgan fingerprint density at radius 2 is 2.03 bits per heavy atom. The summed E-state index contributed by atoms with van der Waals surface area (Å²) < 4.78 is 32.5. The van der Waals surface area contributed by atoms with Gasteiger partial charge in [0.1, 0.15) is 10.6 Å². The number of nitrogens with one attached hydrogen (secondary N) is 1. The van der Waals surface area contributed by atoms with Gasteiger partial charge in [-0.05, 0) is 52.3 Å². The van der Waals surface area contributed by atoms with E-state index in [0.29, 0.717) is 31.6 Å². The number of carbonyl (C=O) groups is 1. The maximum Gasteiger partial charge on any atom is 0.248 e. The largest absolute Gasteiger partial charge is 0.360 e. The smallest absolute Gasteiger partial charge is 0.248 e. The Hall–Kier alpha value is -2.23. The molecule has 0 bridgehead atoms. The van der Waals surface area contributed by atoms with Gasteiger partial charge in [-0.1, -0.05) is 35.5 Å². The third-order valence-electron chi connectivity index (χ3n) is 5.63. The lowest BCUT2D eigenvalue weighted by atomic mass is 9.99. The molecule has 1 N–H and O–H groups in total. The second-order valence-electron chi connectivity index (χ2n) is 8.22. The van der Waals surface area contributed by atoms with Crippen LogP contribution in [0.5, 0.6) is 0 Å². The minimum atomic E-state index is -3.72. The molecule has 1 aromatic heterocycles. The van der Waals surface area contributed by atoms with Crippen LogP contribution in [0.1, 0.15) is 36.3 Å². The first-order valence-electron chi connectivity index (χ1n) is 10.7. The van der Waals surface area contributed by atoms with Crippen molar-refractivity contribution in [2.24, 2.45) is 5.92 Å². The first-order valence-corrected chi connectivity index (χ1v) is 12.2. The quantitative estimate of drug-likeness (QED) is 0.592. The standard InChI is InChI=1S/C22H32N4O4S/c1-17-21(18(2)30-24-17)31(28,29)26-14-7-11-20(16-26)22(27)23-12-8-13-25(3)15-19-9-5-4-6-10-19/h4-6,9-10,20H,7-8,11-16H2,1-3H3,(H,23,27).